The van der Waals surface area contributed by atoms with Gasteiger partial charge in [0.25, 0.3) is 0 Å². The van der Waals surface area contributed by atoms with E-state index in [9.17, 15) is 19.5 Å². The van der Waals surface area contributed by atoms with Crippen molar-refractivity contribution in [1.29, 1.82) is 0 Å². The summed E-state index contributed by atoms with van der Waals surface area (Å²) in [5, 5.41) is 13.6. The second-order valence-corrected chi connectivity index (χ2v) is 16.2. The number of nitrogens with one attached hydrogen (secondary N) is 1. The average molecular weight is 694 g/mol. The highest BCUT2D eigenvalue weighted by atomic mass is 16.6. The number of aliphatic hydroxyl groups is 1. The molecule has 3 fully saturated rings. The number of aliphatic hydroxyl groups excluding tert-OH is 1. The Bertz CT molecular complexity index is 1410. The number of allylic oxidation sites excluding steroid dienone is 1. The lowest BCUT2D eigenvalue weighted by Gasteiger charge is -2.47. The van der Waals surface area contributed by atoms with E-state index in [-0.39, 0.29) is 55.2 Å². The van der Waals surface area contributed by atoms with Gasteiger partial charge in [0, 0.05) is 18.5 Å². The lowest BCUT2D eigenvalue weighted by atomic mass is 9.70. The molecule has 0 aliphatic carbocycles. The summed E-state index contributed by atoms with van der Waals surface area (Å²) in [6, 6.07) is 7.49. The molecule has 1 spiro atoms. The molecule has 3 heterocycles. The molecule has 0 radical (unpaired) electrons. The molecule has 50 heavy (non-hydrogen) atoms. The van der Waals surface area contributed by atoms with Crippen molar-refractivity contribution in [2.45, 2.75) is 122 Å². The fourth-order valence-corrected chi connectivity index (χ4v) is 8.76. The first kappa shape index (κ1) is 39.3. The van der Waals surface area contributed by atoms with Crippen molar-refractivity contribution >= 4 is 23.7 Å². The largest absolute Gasteiger partial charge is 0.455 e. The average Bonchev–Trinajstić information content (AvgIpc) is 3.71. The van der Waals surface area contributed by atoms with Crippen LogP contribution in [0.3, 0.4) is 0 Å². The zero-order valence-electron chi connectivity index (χ0n) is 31.2. The smallest absolute Gasteiger partial charge is 0.313 e. The Kier molecular flexibility index (Phi) is 12.4. The van der Waals surface area contributed by atoms with Crippen LogP contribution >= 0.6 is 0 Å². The molecular weight excluding hydrogens is 634 g/mol. The Hall–Kier alpha value is -3.50. The van der Waals surface area contributed by atoms with Crippen molar-refractivity contribution in [1.82, 2.24) is 15.1 Å². The molecule has 3 aliphatic rings. The zero-order chi connectivity index (χ0) is 37.0. The second-order valence-electron chi connectivity index (χ2n) is 16.2. The van der Waals surface area contributed by atoms with Crippen LogP contribution in [0.15, 0.2) is 55.6 Å². The molecule has 0 unspecified atom stereocenters. The molecule has 8 atom stereocenters. The second kappa shape index (κ2) is 15.8. The van der Waals surface area contributed by atoms with E-state index in [0.717, 1.165) is 0 Å². The monoisotopic (exact) mass is 693 g/mol. The van der Waals surface area contributed by atoms with Gasteiger partial charge in [-0.25, -0.2) is 0 Å². The van der Waals surface area contributed by atoms with Gasteiger partial charge in [-0.2, -0.15) is 0 Å². The maximum atomic E-state index is 15.1. The normalized spacial score (nSPS) is 26.2. The Morgan fingerprint density at radius 3 is 2.42 bits per heavy atom. The number of carbonyl (C=O) groups is 4. The summed E-state index contributed by atoms with van der Waals surface area (Å²) in [6.07, 6.45) is 5.01. The molecule has 0 saturated carbocycles. The molecule has 3 saturated heterocycles. The number of hydrogen-bond acceptors (Lipinski definition) is 7. The predicted octanol–water partition coefficient (Wildman–Crippen LogP) is 5.36. The number of amides is 3. The van der Waals surface area contributed by atoms with Gasteiger partial charge in [0.05, 0.1) is 37.1 Å². The van der Waals surface area contributed by atoms with Crippen LogP contribution in [0.1, 0.15) is 98.7 Å². The Morgan fingerprint density at radius 2 is 1.84 bits per heavy atom. The summed E-state index contributed by atoms with van der Waals surface area (Å²) in [7, 11) is 0. The van der Waals surface area contributed by atoms with Crippen LogP contribution in [0, 0.1) is 23.2 Å². The quantitative estimate of drug-likeness (QED) is 0.166. The SMILES string of the molecule is C=CCCC(=O)NC[C@@H](OC(=O)[C@@H]1[C@H]2C(=O)N([C@@H](CO)[C@@H](C)CC)[C@H](C(=O)N(CC=C)C(C)(C)CC(C)(C)C)[C@]23CC[C@H]1O3)c1ccccc1. The van der Waals surface area contributed by atoms with Gasteiger partial charge in [0.1, 0.15) is 17.7 Å². The van der Waals surface area contributed by atoms with Gasteiger partial charge >= 0.3 is 5.97 Å². The van der Waals surface area contributed by atoms with Crippen LogP contribution in [-0.4, -0.2) is 87.6 Å². The maximum absolute atomic E-state index is 15.1. The number of hydrogen-bond donors (Lipinski definition) is 2. The lowest BCUT2D eigenvalue weighted by molar-refractivity contribution is -0.162. The molecule has 1 aromatic carbocycles. The number of esters is 1. The molecule has 10 nitrogen and oxygen atoms in total. The molecule has 3 amide bonds. The van der Waals surface area contributed by atoms with Crippen LogP contribution < -0.4 is 5.32 Å². The Balaban J connectivity index is 1.74. The van der Waals surface area contributed by atoms with Crippen LogP contribution in [0.5, 0.6) is 0 Å². The Morgan fingerprint density at radius 1 is 1.16 bits per heavy atom. The lowest BCUT2D eigenvalue weighted by Crippen LogP contribution is -2.63. The number of ether oxygens (including phenoxy) is 2. The number of benzene rings is 1. The van der Waals surface area contributed by atoms with Crippen LogP contribution in [-0.2, 0) is 28.7 Å². The Labute approximate surface area is 298 Å². The summed E-state index contributed by atoms with van der Waals surface area (Å²) < 4.78 is 12.9. The number of carbonyl (C=O) groups excluding carboxylic acids is 4. The van der Waals surface area contributed by atoms with E-state index in [4.69, 9.17) is 9.47 Å². The zero-order valence-corrected chi connectivity index (χ0v) is 31.2. The van der Waals surface area contributed by atoms with E-state index in [0.29, 0.717) is 37.7 Å². The van der Waals surface area contributed by atoms with E-state index in [1.54, 1.807) is 22.0 Å². The van der Waals surface area contributed by atoms with Gasteiger partial charge in [-0.1, -0.05) is 83.5 Å². The highest BCUT2D eigenvalue weighted by molar-refractivity contribution is 5.98. The van der Waals surface area contributed by atoms with Gasteiger partial charge < -0.3 is 29.7 Å². The highest BCUT2D eigenvalue weighted by Gasteiger charge is 2.76. The molecule has 0 aromatic heterocycles. The fourth-order valence-electron chi connectivity index (χ4n) is 8.76. The number of rotatable bonds is 17. The van der Waals surface area contributed by atoms with Gasteiger partial charge in [-0.05, 0) is 56.4 Å². The molecule has 276 valence electrons. The third kappa shape index (κ3) is 7.86. The molecule has 4 rings (SSSR count). The van der Waals surface area contributed by atoms with E-state index in [2.05, 4.69) is 39.2 Å². The standard InChI is InChI=1S/C40H59N3O7/c1-10-13-19-31(45)41-23-30(27-17-15-14-16-18-27)49-37(48)32-29-20-21-40(50-29)33(32)35(46)43(28(24-44)26(4)12-3)34(40)36(47)42(22-11-2)39(8,9)25-38(5,6)7/h10-11,14-18,26,28-30,32-34,44H,1-2,12-13,19-25H2,3-9H3,(H,41,45)/t26-,28-,29+,30+,32-,33-,34+,40-/m0/s1. The summed E-state index contributed by atoms with van der Waals surface area (Å²) in [6.45, 7) is 22.0. The summed E-state index contributed by atoms with van der Waals surface area (Å²) in [5.74, 6) is -3.46. The first-order valence-corrected chi connectivity index (χ1v) is 18.2. The number of fused-ring (bicyclic) bond motifs is 1. The highest BCUT2D eigenvalue weighted by Crippen LogP contribution is 2.60. The van der Waals surface area contributed by atoms with E-state index < -0.39 is 53.2 Å². The summed E-state index contributed by atoms with van der Waals surface area (Å²) >= 11 is 0. The fraction of sp³-hybridized carbons (Fsp3) is 0.650. The van der Waals surface area contributed by atoms with Gasteiger partial charge in [0.15, 0.2) is 0 Å². The molecular formula is C40H59N3O7. The van der Waals surface area contributed by atoms with Crippen molar-refractivity contribution in [3.8, 4) is 0 Å². The van der Waals surface area contributed by atoms with Crippen molar-refractivity contribution in [2.24, 2.45) is 23.2 Å². The van der Waals surface area contributed by atoms with Crippen LogP contribution in [0.4, 0.5) is 0 Å². The van der Waals surface area contributed by atoms with Gasteiger partial charge in [-0.15, -0.1) is 13.2 Å². The molecule has 1 aromatic rings. The predicted molar refractivity (Wildman–Crippen MR) is 193 cm³/mol. The van der Waals surface area contributed by atoms with Gasteiger partial charge in [0.2, 0.25) is 17.7 Å². The van der Waals surface area contributed by atoms with E-state index in [1.807, 2.05) is 58.0 Å². The maximum Gasteiger partial charge on any atom is 0.313 e. The van der Waals surface area contributed by atoms with E-state index >= 15 is 4.79 Å². The molecule has 2 bridgehead atoms. The third-order valence-corrected chi connectivity index (χ3v) is 10.9. The third-order valence-electron chi connectivity index (χ3n) is 10.9. The molecule has 2 N–H and O–H groups in total. The van der Waals surface area contributed by atoms with Crippen molar-refractivity contribution < 1.29 is 33.8 Å². The van der Waals surface area contributed by atoms with E-state index in [1.165, 1.54) is 0 Å². The van der Waals surface area contributed by atoms with Gasteiger partial charge in [-0.3, -0.25) is 19.2 Å². The minimum absolute atomic E-state index is 0.0565. The minimum Gasteiger partial charge on any atom is -0.455 e. The molecule has 10 heteroatoms. The topological polar surface area (TPSA) is 125 Å². The first-order valence-electron chi connectivity index (χ1n) is 18.2. The molecule has 3 aliphatic heterocycles. The van der Waals surface area contributed by atoms with Crippen LogP contribution in [0.2, 0.25) is 0 Å². The van der Waals surface area contributed by atoms with Crippen molar-refractivity contribution in [2.75, 3.05) is 19.7 Å². The minimum atomic E-state index is -1.26. The van der Waals surface area contributed by atoms with Crippen molar-refractivity contribution in [3.63, 3.8) is 0 Å². The first-order chi connectivity index (χ1) is 23.6. The summed E-state index contributed by atoms with van der Waals surface area (Å²) in [4.78, 5) is 60.1. The summed E-state index contributed by atoms with van der Waals surface area (Å²) in [5.41, 5.74) is -1.26. The van der Waals surface area contributed by atoms with Crippen LogP contribution in [0.25, 0.3) is 0 Å². The van der Waals surface area contributed by atoms with Crippen molar-refractivity contribution in [3.05, 3.63) is 61.2 Å². The number of likely N-dealkylation sites (tertiary alicyclic amines) is 1. The number of nitrogens with zero attached hydrogens (tertiary/aromatic N) is 2.